The third-order valence-electron chi connectivity index (χ3n) is 4.52. The first kappa shape index (κ1) is 19.6. The number of ether oxygens (including phenoxy) is 1. The van der Waals surface area contributed by atoms with Crippen molar-refractivity contribution in [3.8, 4) is 17.1 Å². The standard InChI is InChI=1S/C22H25N3O3/c1-14(23-20(26)16-8-12-18(27-5)13-9-16)21-24-19(25-28-21)15-6-10-17(11-7-15)22(2,3)4/h6-14H,1-5H3,(H,23,26). The van der Waals surface area contributed by atoms with E-state index in [1.807, 2.05) is 12.1 Å². The molecule has 0 aliphatic heterocycles. The van der Waals surface area contributed by atoms with Crippen molar-refractivity contribution in [1.29, 1.82) is 0 Å². The lowest BCUT2D eigenvalue weighted by Crippen LogP contribution is -2.26. The van der Waals surface area contributed by atoms with E-state index in [0.717, 1.165) is 5.56 Å². The number of benzene rings is 2. The Kier molecular flexibility index (Phi) is 5.49. The van der Waals surface area contributed by atoms with Gasteiger partial charge in [-0.25, -0.2) is 0 Å². The average molecular weight is 379 g/mol. The van der Waals surface area contributed by atoms with E-state index < -0.39 is 6.04 Å². The highest BCUT2D eigenvalue weighted by atomic mass is 16.5. The van der Waals surface area contributed by atoms with Gasteiger partial charge in [-0.3, -0.25) is 4.79 Å². The van der Waals surface area contributed by atoms with Gasteiger partial charge >= 0.3 is 0 Å². The number of nitrogens with zero attached hydrogens (tertiary/aromatic N) is 2. The Balaban J connectivity index is 1.69. The molecule has 0 spiro atoms. The Morgan fingerprint density at radius 2 is 1.71 bits per heavy atom. The maximum atomic E-state index is 12.4. The van der Waals surface area contributed by atoms with Crippen molar-refractivity contribution in [2.24, 2.45) is 0 Å². The second kappa shape index (κ2) is 7.84. The lowest BCUT2D eigenvalue weighted by molar-refractivity contribution is 0.0932. The van der Waals surface area contributed by atoms with Crippen molar-refractivity contribution < 1.29 is 14.1 Å². The van der Waals surface area contributed by atoms with Gasteiger partial charge < -0.3 is 14.6 Å². The van der Waals surface area contributed by atoms with Crippen molar-refractivity contribution in [2.75, 3.05) is 7.11 Å². The molecule has 0 saturated heterocycles. The first-order valence-electron chi connectivity index (χ1n) is 9.17. The molecule has 28 heavy (non-hydrogen) atoms. The number of nitrogens with one attached hydrogen (secondary N) is 1. The van der Waals surface area contributed by atoms with Gasteiger partial charge in [-0.2, -0.15) is 4.98 Å². The van der Waals surface area contributed by atoms with E-state index in [2.05, 4.69) is 48.4 Å². The van der Waals surface area contributed by atoms with Crippen LogP contribution in [0, 0.1) is 0 Å². The van der Waals surface area contributed by atoms with Crippen LogP contribution in [0.1, 0.15) is 55.5 Å². The van der Waals surface area contributed by atoms with Crippen LogP contribution in [0.5, 0.6) is 5.75 Å². The van der Waals surface area contributed by atoms with Gasteiger partial charge in [0.15, 0.2) is 0 Å². The molecular weight excluding hydrogens is 354 g/mol. The molecule has 0 aliphatic rings. The van der Waals surface area contributed by atoms with Crippen LogP contribution in [0.3, 0.4) is 0 Å². The molecule has 1 amide bonds. The van der Waals surface area contributed by atoms with E-state index in [1.165, 1.54) is 5.56 Å². The Morgan fingerprint density at radius 3 is 2.29 bits per heavy atom. The number of hydrogen-bond acceptors (Lipinski definition) is 5. The largest absolute Gasteiger partial charge is 0.497 e. The summed E-state index contributed by atoms with van der Waals surface area (Å²) in [5.41, 5.74) is 2.73. The summed E-state index contributed by atoms with van der Waals surface area (Å²) in [6, 6.07) is 14.6. The van der Waals surface area contributed by atoms with Gasteiger partial charge in [0.05, 0.1) is 7.11 Å². The third-order valence-corrected chi connectivity index (χ3v) is 4.52. The summed E-state index contributed by atoms with van der Waals surface area (Å²) in [5.74, 6) is 1.34. The topological polar surface area (TPSA) is 77.2 Å². The molecule has 0 fully saturated rings. The zero-order chi connectivity index (χ0) is 20.3. The van der Waals surface area contributed by atoms with E-state index >= 15 is 0 Å². The molecule has 1 heterocycles. The first-order valence-corrected chi connectivity index (χ1v) is 9.17. The SMILES string of the molecule is COc1ccc(C(=O)NC(C)c2nc(-c3ccc(C(C)(C)C)cc3)no2)cc1. The van der Waals surface area contributed by atoms with E-state index in [9.17, 15) is 4.79 Å². The maximum Gasteiger partial charge on any atom is 0.251 e. The van der Waals surface area contributed by atoms with Gasteiger partial charge in [-0.15, -0.1) is 0 Å². The minimum Gasteiger partial charge on any atom is -0.497 e. The van der Waals surface area contributed by atoms with E-state index in [1.54, 1.807) is 38.3 Å². The van der Waals surface area contributed by atoms with Gasteiger partial charge in [0.25, 0.3) is 5.91 Å². The molecule has 1 aromatic heterocycles. The molecule has 3 aromatic rings. The van der Waals surface area contributed by atoms with Crippen LogP contribution < -0.4 is 10.1 Å². The number of hydrogen-bond donors (Lipinski definition) is 1. The van der Waals surface area contributed by atoms with Crippen LogP contribution in [0.2, 0.25) is 0 Å². The summed E-state index contributed by atoms with van der Waals surface area (Å²) in [7, 11) is 1.58. The number of carbonyl (C=O) groups excluding carboxylic acids is 1. The molecule has 0 aliphatic carbocycles. The minimum absolute atomic E-state index is 0.0845. The molecule has 1 atom stereocenters. The maximum absolute atomic E-state index is 12.4. The zero-order valence-corrected chi connectivity index (χ0v) is 16.8. The van der Waals surface area contributed by atoms with Crippen LogP contribution >= 0.6 is 0 Å². The summed E-state index contributed by atoms with van der Waals surface area (Å²) < 4.78 is 10.5. The summed E-state index contributed by atoms with van der Waals surface area (Å²) in [5, 5.41) is 6.92. The lowest BCUT2D eigenvalue weighted by Gasteiger charge is -2.18. The van der Waals surface area contributed by atoms with Gasteiger partial charge in [0.2, 0.25) is 11.7 Å². The smallest absolute Gasteiger partial charge is 0.251 e. The van der Waals surface area contributed by atoms with Crippen molar-refractivity contribution in [3.63, 3.8) is 0 Å². The van der Waals surface area contributed by atoms with Crippen LogP contribution in [0.25, 0.3) is 11.4 Å². The fraction of sp³-hybridized carbons (Fsp3) is 0.318. The van der Waals surface area contributed by atoms with Gasteiger partial charge in [0.1, 0.15) is 11.8 Å². The second-order valence-corrected chi connectivity index (χ2v) is 7.71. The fourth-order valence-corrected chi connectivity index (χ4v) is 2.73. The number of amides is 1. The average Bonchev–Trinajstić information content (AvgIpc) is 3.18. The molecule has 0 saturated carbocycles. The molecule has 146 valence electrons. The van der Waals surface area contributed by atoms with Crippen molar-refractivity contribution in [3.05, 3.63) is 65.5 Å². The third kappa shape index (κ3) is 4.39. The number of methoxy groups -OCH3 is 1. The molecule has 1 N–H and O–H groups in total. The molecule has 0 bridgehead atoms. The molecule has 0 radical (unpaired) electrons. The highest BCUT2D eigenvalue weighted by Crippen LogP contribution is 2.25. The Hall–Kier alpha value is -3.15. The van der Waals surface area contributed by atoms with Crippen LogP contribution in [-0.2, 0) is 5.41 Å². The summed E-state index contributed by atoms with van der Waals surface area (Å²) in [4.78, 5) is 16.8. The Labute approximate surface area is 164 Å². The number of aromatic nitrogens is 2. The minimum atomic E-state index is -0.412. The highest BCUT2D eigenvalue weighted by Gasteiger charge is 2.19. The normalized spacial score (nSPS) is 12.5. The quantitative estimate of drug-likeness (QED) is 0.704. The van der Waals surface area contributed by atoms with E-state index in [0.29, 0.717) is 23.0 Å². The van der Waals surface area contributed by atoms with Crippen molar-refractivity contribution in [1.82, 2.24) is 15.5 Å². The highest BCUT2D eigenvalue weighted by molar-refractivity contribution is 5.94. The predicted octanol–water partition coefficient (Wildman–Crippen LogP) is 4.53. The van der Waals surface area contributed by atoms with Gasteiger partial charge in [-0.1, -0.05) is 50.2 Å². The van der Waals surface area contributed by atoms with Crippen molar-refractivity contribution in [2.45, 2.75) is 39.2 Å². The second-order valence-electron chi connectivity index (χ2n) is 7.71. The summed E-state index contributed by atoms with van der Waals surface area (Å²) in [6.07, 6.45) is 0. The van der Waals surface area contributed by atoms with Crippen LogP contribution in [-0.4, -0.2) is 23.2 Å². The first-order chi connectivity index (χ1) is 13.3. The lowest BCUT2D eigenvalue weighted by atomic mass is 9.87. The molecule has 1 unspecified atom stereocenters. The van der Waals surface area contributed by atoms with Crippen molar-refractivity contribution >= 4 is 5.91 Å². The van der Waals surface area contributed by atoms with E-state index in [4.69, 9.17) is 9.26 Å². The zero-order valence-electron chi connectivity index (χ0n) is 16.8. The molecule has 6 nitrogen and oxygen atoms in total. The summed E-state index contributed by atoms with van der Waals surface area (Å²) >= 11 is 0. The molecule has 3 rings (SSSR count). The summed E-state index contributed by atoms with van der Waals surface area (Å²) in [6.45, 7) is 8.31. The fourth-order valence-electron chi connectivity index (χ4n) is 2.73. The molecule has 2 aromatic carbocycles. The van der Waals surface area contributed by atoms with Crippen LogP contribution in [0.15, 0.2) is 53.1 Å². The van der Waals surface area contributed by atoms with E-state index in [-0.39, 0.29) is 11.3 Å². The Bertz CT molecular complexity index is 938. The molecule has 6 heteroatoms. The van der Waals surface area contributed by atoms with Gasteiger partial charge in [-0.05, 0) is 42.2 Å². The monoisotopic (exact) mass is 379 g/mol. The van der Waals surface area contributed by atoms with Gasteiger partial charge in [0, 0.05) is 11.1 Å². The van der Waals surface area contributed by atoms with Crippen LogP contribution in [0.4, 0.5) is 0 Å². The number of carbonyl (C=O) groups is 1. The molecular formula is C22H25N3O3. The predicted molar refractivity (Wildman–Crippen MR) is 107 cm³/mol. The Morgan fingerprint density at radius 1 is 1.07 bits per heavy atom. The number of rotatable bonds is 5.